The Morgan fingerprint density at radius 2 is 1.94 bits per heavy atom. The van der Waals surface area contributed by atoms with Crippen molar-refractivity contribution in [1.29, 1.82) is 0 Å². The molecular weight excluding hydrogens is 216 g/mol. The van der Waals surface area contributed by atoms with Crippen LogP contribution in [0.3, 0.4) is 0 Å². The van der Waals surface area contributed by atoms with Gasteiger partial charge >= 0.3 is 0 Å². The van der Waals surface area contributed by atoms with Crippen molar-refractivity contribution in [2.45, 2.75) is 64.1 Å². The Morgan fingerprint density at radius 3 is 2.47 bits per heavy atom. The van der Waals surface area contributed by atoms with Crippen molar-refractivity contribution in [1.82, 2.24) is 10.6 Å². The highest BCUT2D eigenvalue weighted by molar-refractivity contribution is 5.76. The lowest BCUT2D eigenvalue weighted by Gasteiger charge is -2.28. The highest BCUT2D eigenvalue weighted by atomic mass is 16.5. The fourth-order valence-corrected chi connectivity index (χ4v) is 2.29. The number of methoxy groups -OCH3 is 1. The summed E-state index contributed by atoms with van der Waals surface area (Å²) in [4.78, 5) is 11.4. The highest BCUT2D eigenvalue weighted by Gasteiger charge is 2.20. The maximum Gasteiger partial charge on any atom is 0.221 e. The first kappa shape index (κ1) is 14.5. The standard InChI is InChI=1S/C13H26N2O2/c1-10(2)15-13(16)8-9-14-11-4-6-12(17-3)7-5-11/h10-12,14H,4-9H2,1-3H3,(H,15,16). The molecule has 0 heterocycles. The molecule has 0 atom stereocenters. The summed E-state index contributed by atoms with van der Waals surface area (Å²) in [6.45, 7) is 4.75. The van der Waals surface area contributed by atoms with Gasteiger partial charge in [-0.05, 0) is 39.5 Å². The maximum atomic E-state index is 11.4. The predicted molar refractivity (Wildman–Crippen MR) is 69.0 cm³/mol. The Labute approximate surface area is 104 Å². The van der Waals surface area contributed by atoms with E-state index in [-0.39, 0.29) is 11.9 Å². The van der Waals surface area contributed by atoms with E-state index in [4.69, 9.17) is 4.74 Å². The van der Waals surface area contributed by atoms with E-state index < -0.39 is 0 Å². The lowest BCUT2D eigenvalue weighted by molar-refractivity contribution is -0.121. The van der Waals surface area contributed by atoms with Crippen LogP contribution in [0.4, 0.5) is 0 Å². The summed E-state index contributed by atoms with van der Waals surface area (Å²) >= 11 is 0. The summed E-state index contributed by atoms with van der Waals surface area (Å²) < 4.78 is 5.33. The molecule has 4 nitrogen and oxygen atoms in total. The van der Waals surface area contributed by atoms with Crippen LogP contribution in [0.1, 0.15) is 46.0 Å². The third kappa shape index (κ3) is 6.03. The maximum absolute atomic E-state index is 11.4. The van der Waals surface area contributed by atoms with Gasteiger partial charge in [-0.3, -0.25) is 4.79 Å². The van der Waals surface area contributed by atoms with Crippen molar-refractivity contribution in [3.05, 3.63) is 0 Å². The molecule has 1 aliphatic rings. The molecule has 4 heteroatoms. The third-order valence-electron chi connectivity index (χ3n) is 3.24. The summed E-state index contributed by atoms with van der Waals surface area (Å²) in [6, 6.07) is 0.799. The van der Waals surface area contributed by atoms with Gasteiger partial charge in [0.15, 0.2) is 0 Å². The molecule has 0 bridgehead atoms. The van der Waals surface area contributed by atoms with Crippen LogP contribution in [-0.4, -0.2) is 37.7 Å². The van der Waals surface area contributed by atoms with E-state index in [0.29, 0.717) is 18.6 Å². The van der Waals surface area contributed by atoms with Crippen LogP contribution in [0.25, 0.3) is 0 Å². The zero-order valence-electron chi connectivity index (χ0n) is 11.3. The van der Waals surface area contributed by atoms with E-state index in [1.54, 1.807) is 7.11 Å². The van der Waals surface area contributed by atoms with Gasteiger partial charge in [-0.25, -0.2) is 0 Å². The first-order valence-corrected chi connectivity index (χ1v) is 6.67. The minimum atomic E-state index is 0.137. The molecule has 1 aliphatic carbocycles. The Bertz CT molecular complexity index is 223. The summed E-state index contributed by atoms with van der Waals surface area (Å²) in [5.41, 5.74) is 0. The summed E-state index contributed by atoms with van der Waals surface area (Å²) in [7, 11) is 1.79. The number of nitrogens with one attached hydrogen (secondary N) is 2. The monoisotopic (exact) mass is 242 g/mol. The van der Waals surface area contributed by atoms with Crippen molar-refractivity contribution in [2.24, 2.45) is 0 Å². The molecule has 2 N–H and O–H groups in total. The molecule has 0 saturated heterocycles. The van der Waals surface area contributed by atoms with Crippen LogP contribution in [0, 0.1) is 0 Å². The van der Waals surface area contributed by atoms with Gasteiger partial charge in [-0.15, -0.1) is 0 Å². The van der Waals surface area contributed by atoms with Crippen molar-refractivity contribution in [3.8, 4) is 0 Å². The molecular formula is C13H26N2O2. The summed E-state index contributed by atoms with van der Waals surface area (Å²) in [5.74, 6) is 0.137. The van der Waals surface area contributed by atoms with Crippen molar-refractivity contribution >= 4 is 5.91 Å². The largest absolute Gasteiger partial charge is 0.381 e. The van der Waals surface area contributed by atoms with E-state index in [0.717, 1.165) is 32.2 Å². The Morgan fingerprint density at radius 1 is 1.29 bits per heavy atom. The average Bonchev–Trinajstić information content (AvgIpc) is 2.29. The first-order valence-electron chi connectivity index (χ1n) is 6.67. The molecule has 1 amide bonds. The molecule has 0 spiro atoms. The molecule has 0 aromatic heterocycles. The van der Waals surface area contributed by atoms with Crippen LogP contribution in [-0.2, 0) is 9.53 Å². The highest BCUT2D eigenvalue weighted by Crippen LogP contribution is 2.20. The SMILES string of the molecule is COC1CCC(NCCC(=O)NC(C)C)CC1. The second kappa shape index (κ2) is 7.67. The lowest BCUT2D eigenvalue weighted by Crippen LogP contribution is -2.38. The normalized spacial score (nSPS) is 24.9. The third-order valence-corrected chi connectivity index (χ3v) is 3.24. The molecule has 0 aromatic carbocycles. The van der Waals surface area contributed by atoms with Crippen LogP contribution < -0.4 is 10.6 Å². The predicted octanol–water partition coefficient (Wildman–Crippen LogP) is 1.45. The van der Waals surface area contributed by atoms with Crippen molar-refractivity contribution in [2.75, 3.05) is 13.7 Å². The first-order chi connectivity index (χ1) is 8.11. The fourth-order valence-electron chi connectivity index (χ4n) is 2.29. The molecule has 0 aromatic rings. The van der Waals surface area contributed by atoms with Crippen LogP contribution in [0.5, 0.6) is 0 Å². The molecule has 1 saturated carbocycles. The van der Waals surface area contributed by atoms with Gasteiger partial charge in [0, 0.05) is 32.2 Å². The van der Waals surface area contributed by atoms with Gasteiger partial charge in [0.05, 0.1) is 6.10 Å². The molecule has 100 valence electrons. The number of hydrogen-bond acceptors (Lipinski definition) is 3. The summed E-state index contributed by atoms with van der Waals surface area (Å²) in [5, 5.41) is 6.35. The second-order valence-electron chi connectivity index (χ2n) is 5.14. The van der Waals surface area contributed by atoms with Gasteiger partial charge in [0.2, 0.25) is 5.91 Å². The number of rotatable bonds is 6. The smallest absolute Gasteiger partial charge is 0.221 e. The van der Waals surface area contributed by atoms with Gasteiger partial charge in [0.1, 0.15) is 0 Å². The van der Waals surface area contributed by atoms with Crippen molar-refractivity contribution < 1.29 is 9.53 Å². The summed E-state index contributed by atoms with van der Waals surface area (Å²) in [6.07, 6.45) is 5.59. The second-order valence-corrected chi connectivity index (χ2v) is 5.14. The van der Waals surface area contributed by atoms with E-state index >= 15 is 0 Å². The van der Waals surface area contributed by atoms with Crippen LogP contribution >= 0.6 is 0 Å². The number of carbonyl (C=O) groups is 1. The number of carbonyl (C=O) groups excluding carboxylic acids is 1. The van der Waals surface area contributed by atoms with Crippen LogP contribution in [0.15, 0.2) is 0 Å². The molecule has 0 radical (unpaired) electrons. The molecule has 1 fully saturated rings. The Hall–Kier alpha value is -0.610. The zero-order chi connectivity index (χ0) is 12.7. The molecule has 0 unspecified atom stereocenters. The van der Waals surface area contributed by atoms with E-state index in [1.807, 2.05) is 13.8 Å². The van der Waals surface area contributed by atoms with E-state index in [9.17, 15) is 4.79 Å². The quantitative estimate of drug-likeness (QED) is 0.741. The number of ether oxygens (including phenoxy) is 1. The van der Waals surface area contributed by atoms with Gasteiger partial charge in [-0.1, -0.05) is 0 Å². The van der Waals surface area contributed by atoms with Gasteiger partial charge in [-0.2, -0.15) is 0 Å². The molecule has 1 rings (SSSR count). The Balaban J connectivity index is 2.05. The number of hydrogen-bond donors (Lipinski definition) is 2. The minimum absolute atomic E-state index is 0.137. The zero-order valence-corrected chi connectivity index (χ0v) is 11.3. The van der Waals surface area contributed by atoms with Crippen molar-refractivity contribution in [3.63, 3.8) is 0 Å². The van der Waals surface area contributed by atoms with E-state index in [1.165, 1.54) is 0 Å². The molecule has 0 aliphatic heterocycles. The van der Waals surface area contributed by atoms with E-state index in [2.05, 4.69) is 10.6 Å². The van der Waals surface area contributed by atoms with Crippen LogP contribution in [0.2, 0.25) is 0 Å². The molecule has 17 heavy (non-hydrogen) atoms. The van der Waals surface area contributed by atoms with Gasteiger partial charge in [0.25, 0.3) is 0 Å². The average molecular weight is 242 g/mol. The number of amides is 1. The fraction of sp³-hybridized carbons (Fsp3) is 0.923. The minimum Gasteiger partial charge on any atom is -0.381 e. The topological polar surface area (TPSA) is 50.4 Å². The van der Waals surface area contributed by atoms with Gasteiger partial charge < -0.3 is 15.4 Å². The Kier molecular flexibility index (Phi) is 6.52. The lowest BCUT2D eigenvalue weighted by atomic mass is 9.93.